The van der Waals surface area contributed by atoms with E-state index in [1.165, 1.54) is 18.4 Å². The number of carboxylic acids is 1. The van der Waals surface area contributed by atoms with Gasteiger partial charge in [0.05, 0.1) is 0 Å². The van der Waals surface area contributed by atoms with Crippen molar-refractivity contribution in [2.75, 3.05) is 26.2 Å². The molecule has 0 aliphatic carbocycles. The summed E-state index contributed by atoms with van der Waals surface area (Å²) in [6.07, 6.45) is 6.26. The van der Waals surface area contributed by atoms with E-state index >= 15 is 0 Å². The van der Waals surface area contributed by atoms with Crippen LogP contribution in [0.4, 0.5) is 0 Å². The van der Waals surface area contributed by atoms with Crippen molar-refractivity contribution in [3.63, 3.8) is 0 Å². The summed E-state index contributed by atoms with van der Waals surface area (Å²) in [6, 6.07) is 8.22. The fourth-order valence-electron chi connectivity index (χ4n) is 4.20. The van der Waals surface area contributed by atoms with Gasteiger partial charge in [-0.3, -0.25) is 9.59 Å². The van der Waals surface area contributed by atoms with E-state index in [9.17, 15) is 9.59 Å². The third-order valence-electron chi connectivity index (χ3n) is 5.87. The predicted octanol–water partition coefficient (Wildman–Crippen LogP) is 3.68. The van der Waals surface area contributed by atoms with Crippen molar-refractivity contribution >= 4 is 24.3 Å². The Morgan fingerprint density at radius 1 is 1.04 bits per heavy atom. The number of rotatable bonds is 6. The molecule has 27 heavy (non-hydrogen) atoms. The van der Waals surface area contributed by atoms with Gasteiger partial charge in [0.2, 0.25) is 0 Å². The average Bonchev–Trinajstić information content (AvgIpc) is 2.68. The second kappa shape index (κ2) is 10.7. The maximum Gasteiger partial charge on any atom is 0.303 e. The number of carbonyl (C=O) groups excluding carboxylic acids is 1. The van der Waals surface area contributed by atoms with Gasteiger partial charge in [0.1, 0.15) is 0 Å². The topological polar surface area (TPSA) is 69.6 Å². The van der Waals surface area contributed by atoms with Crippen LogP contribution in [0.5, 0.6) is 0 Å². The zero-order valence-corrected chi connectivity index (χ0v) is 16.7. The van der Waals surface area contributed by atoms with Gasteiger partial charge in [0.25, 0.3) is 5.91 Å². The molecule has 2 heterocycles. The molecule has 2 fully saturated rings. The van der Waals surface area contributed by atoms with E-state index < -0.39 is 5.97 Å². The molecule has 0 radical (unpaired) electrons. The summed E-state index contributed by atoms with van der Waals surface area (Å²) < 4.78 is 0. The van der Waals surface area contributed by atoms with Crippen molar-refractivity contribution < 1.29 is 14.7 Å². The molecule has 3 rings (SSSR count). The summed E-state index contributed by atoms with van der Waals surface area (Å²) in [6.45, 7) is 3.72. The van der Waals surface area contributed by atoms with Crippen LogP contribution in [-0.2, 0) is 4.79 Å². The Labute approximate surface area is 167 Å². The van der Waals surface area contributed by atoms with Gasteiger partial charge in [0.15, 0.2) is 0 Å². The smallest absolute Gasteiger partial charge is 0.303 e. The Hall–Kier alpha value is -1.59. The number of nitrogens with one attached hydrogen (secondary N) is 1. The molecule has 2 N–H and O–H groups in total. The molecule has 2 aliphatic rings. The third-order valence-corrected chi connectivity index (χ3v) is 5.87. The quantitative estimate of drug-likeness (QED) is 0.772. The average molecular weight is 395 g/mol. The van der Waals surface area contributed by atoms with E-state index in [1.54, 1.807) is 0 Å². The Kier molecular flexibility index (Phi) is 8.58. The fraction of sp³-hybridized carbons (Fsp3) is 0.619. The summed E-state index contributed by atoms with van der Waals surface area (Å²) >= 11 is 0. The van der Waals surface area contributed by atoms with Gasteiger partial charge in [-0.25, -0.2) is 0 Å². The van der Waals surface area contributed by atoms with Crippen LogP contribution >= 0.6 is 12.4 Å². The number of halogens is 1. The molecule has 0 unspecified atom stereocenters. The number of hydrogen-bond acceptors (Lipinski definition) is 3. The molecular weight excluding hydrogens is 364 g/mol. The maximum atomic E-state index is 12.7. The molecule has 1 aromatic carbocycles. The van der Waals surface area contributed by atoms with Crippen LogP contribution in [-0.4, -0.2) is 48.1 Å². The minimum Gasteiger partial charge on any atom is -0.481 e. The highest BCUT2D eigenvalue weighted by molar-refractivity contribution is 5.94. The molecule has 2 saturated heterocycles. The van der Waals surface area contributed by atoms with E-state index in [2.05, 4.69) is 17.4 Å². The summed E-state index contributed by atoms with van der Waals surface area (Å²) in [4.78, 5) is 25.3. The number of aliphatic carboxylic acids is 1. The number of nitrogens with zero attached hydrogens (tertiary/aromatic N) is 1. The van der Waals surface area contributed by atoms with Crippen LogP contribution < -0.4 is 5.32 Å². The van der Waals surface area contributed by atoms with Crippen LogP contribution in [0.15, 0.2) is 24.3 Å². The molecule has 1 aromatic rings. The van der Waals surface area contributed by atoms with Gasteiger partial charge < -0.3 is 15.3 Å². The highest BCUT2D eigenvalue weighted by atomic mass is 35.5. The molecule has 0 aromatic heterocycles. The molecule has 1 amide bonds. The Balaban J connectivity index is 0.00000261. The van der Waals surface area contributed by atoms with E-state index in [0.29, 0.717) is 11.8 Å². The lowest BCUT2D eigenvalue weighted by Gasteiger charge is -2.32. The zero-order chi connectivity index (χ0) is 18.4. The number of likely N-dealkylation sites (tertiary alicyclic amines) is 1. The number of amides is 1. The largest absolute Gasteiger partial charge is 0.481 e. The first-order chi connectivity index (χ1) is 12.6. The molecule has 0 spiro atoms. The molecule has 0 saturated carbocycles. The van der Waals surface area contributed by atoms with Crippen molar-refractivity contribution in [3.8, 4) is 0 Å². The normalized spacial score (nSPS) is 18.7. The lowest BCUT2D eigenvalue weighted by Crippen LogP contribution is -2.38. The molecule has 0 bridgehead atoms. The Morgan fingerprint density at radius 3 is 2.26 bits per heavy atom. The van der Waals surface area contributed by atoms with Gasteiger partial charge in [-0.1, -0.05) is 12.1 Å². The fourth-order valence-corrected chi connectivity index (χ4v) is 4.20. The Bertz CT molecular complexity index is 606. The van der Waals surface area contributed by atoms with Crippen LogP contribution in [0.3, 0.4) is 0 Å². The second-order valence-electron chi connectivity index (χ2n) is 7.67. The van der Waals surface area contributed by atoms with Gasteiger partial charge in [-0.15, -0.1) is 12.4 Å². The van der Waals surface area contributed by atoms with Gasteiger partial charge in [-0.2, -0.15) is 0 Å². The van der Waals surface area contributed by atoms with Gasteiger partial charge in [0, 0.05) is 25.1 Å². The molecule has 2 aliphatic heterocycles. The van der Waals surface area contributed by atoms with E-state index in [0.717, 1.165) is 57.4 Å². The van der Waals surface area contributed by atoms with Crippen molar-refractivity contribution in [2.24, 2.45) is 5.92 Å². The van der Waals surface area contributed by atoms with Crippen molar-refractivity contribution in [1.29, 1.82) is 0 Å². The summed E-state index contributed by atoms with van der Waals surface area (Å²) in [7, 11) is 0. The number of carbonyl (C=O) groups is 2. The first-order valence-electron chi connectivity index (χ1n) is 9.95. The molecule has 150 valence electrons. The van der Waals surface area contributed by atoms with Crippen LogP contribution in [0.2, 0.25) is 0 Å². The summed E-state index contributed by atoms with van der Waals surface area (Å²) in [5.74, 6) is 0.582. The van der Waals surface area contributed by atoms with E-state index in [4.69, 9.17) is 5.11 Å². The lowest BCUT2D eigenvalue weighted by molar-refractivity contribution is -0.137. The second-order valence-corrected chi connectivity index (χ2v) is 7.67. The highest BCUT2D eigenvalue weighted by Gasteiger charge is 2.24. The van der Waals surface area contributed by atoms with Crippen LogP contribution in [0.1, 0.15) is 66.8 Å². The number of hydrogen-bond donors (Lipinski definition) is 2. The van der Waals surface area contributed by atoms with Crippen molar-refractivity contribution in [3.05, 3.63) is 35.4 Å². The number of piperidine rings is 2. The van der Waals surface area contributed by atoms with Gasteiger partial charge >= 0.3 is 5.97 Å². The first kappa shape index (κ1) is 21.7. The Morgan fingerprint density at radius 2 is 1.67 bits per heavy atom. The number of benzene rings is 1. The van der Waals surface area contributed by atoms with Gasteiger partial charge in [-0.05, 0) is 81.1 Å². The first-order valence-corrected chi connectivity index (χ1v) is 9.95. The lowest BCUT2D eigenvalue weighted by atomic mass is 9.89. The van der Waals surface area contributed by atoms with E-state index in [-0.39, 0.29) is 24.7 Å². The highest BCUT2D eigenvalue weighted by Crippen LogP contribution is 2.27. The summed E-state index contributed by atoms with van der Waals surface area (Å²) in [5.41, 5.74) is 2.13. The summed E-state index contributed by atoms with van der Waals surface area (Å²) in [5, 5.41) is 12.1. The molecular formula is C21H31ClN2O3. The zero-order valence-electron chi connectivity index (χ0n) is 15.9. The van der Waals surface area contributed by atoms with Crippen molar-refractivity contribution in [2.45, 2.75) is 50.9 Å². The monoisotopic (exact) mass is 394 g/mol. The SMILES string of the molecule is Cl.O=C(O)CCCC1CCN(C(=O)c2ccc(C3CCNCC3)cc2)CC1. The molecule has 5 nitrogen and oxygen atoms in total. The molecule has 0 atom stereocenters. The minimum absolute atomic E-state index is 0. The van der Waals surface area contributed by atoms with Crippen LogP contribution in [0, 0.1) is 5.92 Å². The van der Waals surface area contributed by atoms with Crippen LogP contribution in [0.25, 0.3) is 0 Å². The van der Waals surface area contributed by atoms with Crippen molar-refractivity contribution in [1.82, 2.24) is 10.2 Å². The molecule has 6 heteroatoms. The maximum absolute atomic E-state index is 12.7. The van der Waals surface area contributed by atoms with E-state index in [1.807, 2.05) is 17.0 Å². The number of carboxylic acid groups (broad SMARTS) is 1. The minimum atomic E-state index is -0.717. The standard InChI is InChI=1S/C21H30N2O3.ClH/c24-20(25)3-1-2-16-10-14-23(15-11-16)21(26)19-6-4-17(5-7-19)18-8-12-22-13-9-18;/h4-7,16,18,22H,1-3,8-15H2,(H,24,25);1H. The predicted molar refractivity (Wildman–Crippen MR) is 109 cm³/mol. The third kappa shape index (κ3) is 6.22.